The molecule has 2 rings (SSSR count). The zero-order valence-corrected chi connectivity index (χ0v) is 13.2. The van der Waals surface area contributed by atoms with Crippen molar-refractivity contribution < 1.29 is 8.42 Å². The van der Waals surface area contributed by atoms with E-state index in [1.807, 2.05) is 26.8 Å². The van der Waals surface area contributed by atoms with Gasteiger partial charge in [-0.15, -0.1) is 0 Å². The molecule has 2 aromatic rings. The van der Waals surface area contributed by atoms with Crippen LogP contribution in [0.3, 0.4) is 0 Å². The van der Waals surface area contributed by atoms with Crippen molar-refractivity contribution in [2.24, 2.45) is 5.92 Å². The number of pyridine rings is 1. The third kappa shape index (κ3) is 3.29. The van der Waals surface area contributed by atoms with Gasteiger partial charge < -0.3 is 0 Å². The highest BCUT2D eigenvalue weighted by atomic mass is 35.5. The molecular formula is C14H17ClN2O2S. The summed E-state index contributed by atoms with van der Waals surface area (Å²) in [6, 6.07) is 6.68. The minimum atomic E-state index is -3.48. The van der Waals surface area contributed by atoms with E-state index in [1.54, 1.807) is 18.2 Å². The Labute approximate surface area is 124 Å². The molecule has 0 bridgehead atoms. The molecule has 1 aromatic heterocycles. The van der Waals surface area contributed by atoms with Gasteiger partial charge in [0.05, 0.1) is 10.4 Å². The standard InChI is InChI=1S/C14H17ClN2O2S/c1-9(2)8-16-20(18,19)12-4-5-13-11(7-12)6-10(3)14(15)17-13/h4-7,9,16H,8H2,1-3H3. The molecule has 0 fully saturated rings. The van der Waals surface area contributed by atoms with E-state index >= 15 is 0 Å². The molecule has 1 heterocycles. The minimum Gasteiger partial charge on any atom is -0.236 e. The third-order valence-corrected chi connectivity index (χ3v) is 4.71. The maximum absolute atomic E-state index is 12.2. The lowest BCUT2D eigenvalue weighted by molar-refractivity contribution is 0.560. The number of aromatic nitrogens is 1. The van der Waals surface area contributed by atoms with Crippen molar-refractivity contribution in [1.82, 2.24) is 9.71 Å². The number of rotatable bonds is 4. The van der Waals surface area contributed by atoms with E-state index in [0.29, 0.717) is 17.2 Å². The summed E-state index contributed by atoms with van der Waals surface area (Å²) in [5, 5.41) is 1.20. The zero-order valence-electron chi connectivity index (χ0n) is 11.6. The number of sulfonamides is 1. The molecule has 0 aliphatic carbocycles. The highest BCUT2D eigenvalue weighted by Crippen LogP contribution is 2.22. The monoisotopic (exact) mass is 312 g/mol. The van der Waals surface area contributed by atoms with Gasteiger partial charge in [0.2, 0.25) is 10.0 Å². The van der Waals surface area contributed by atoms with E-state index in [0.717, 1.165) is 10.9 Å². The molecule has 4 nitrogen and oxygen atoms in total. The molecule has 0 radical (unpaired) electrons. The largest absolute Gasteiger partial charge is 0.240 e. The van der Waals surface area contributed by atoms with Gasteiger partial charge in [-0.1, -0.05) is 25.4 Å². The first-order valence-corrected chi connectivity index (χ1v) is 8.22. The second-order valence-electron chi connectivity index (χ2n) is 5.20. The Bertz CT molecular complexity index is 742. The van der Waals surface area contributed by atoms with Crippen LogP contribution in [0.2, 0.25) is 5.15 Å². The molecule has 1 N–H and O–H groups in total. The number of hydrogen-bond donors (Lipinski definition) is 1. The Balaban J connectivity index is 2.43. The summed E-state index contributed by atoms with van der Waals surface area (Å²) < 4.78 is 26.9. The van der Waals surface area contributed by atoms with Crippen LogP contribution in [-0.2, 0) is 10.0 Å². The van der Waals surface area contributed by atoms with Crippen molar-refractivity contribution in [2.75, 3.05) is 6.54 Å². The van der Waals surface area contributed by atoms with Gasteiger partial charge >= 0.3 is 0 Å². The number of fused-ring (bicyclic) bond motifs is 1. The highest BCUT2D eigenvalue weighted by molar-refractivity contribution is 7.89. The van der Waals surface area contributed by atoms with E-state index in [-0.39, 0.29) is 10.8 Å². The molecule has 0 saturated carbocycles. The molecular weight excluding hydrogens is 296 g/mol. The van der Waals surface area contributed by atoms with E-state index < -0.39 is 10.0 Å². The Kier molecular flexibility index (Phi) is 4.32. The number of hydrogen-bond acceptors (Lipinski definition) is 3. The Morgan fingerprint density at radius 3 is 2.65 bits per heavy atom. The summed E-state index contributed by atoms with van der Waals surface area (Å²) in [5.74, 6) is 0.257. The molecule has 0 unspecified atom stereocenters. The second kappa shape index (κ2) is 5.68. The van der Waals surface area contributed by atoms with E-state index in [1.165, 1.54) is 0 Å². The first-order valence-electron chi connectivity index (χ1n) is 6.36. The van der Waals surface area contributed by atoms with Crippen LogP contribution < -0.4 is 4.72 Å². The molecule has 0 aliphatic heterocycles. The number of nitrogens with one attached hydrogen (secondary N) is 1. The van der Waals surface area contributed by atoms with Gasteiger partial charge in [-0.3, -0.25) is 0 Å². The van der Waals surface area contributed by atoms with Crippen molar-refractivity contribution in [3.05, 3.63) is 35.0 Å². The van der Waals surface area contributed by atoms with Crippen LogP contribution in [0.4, 0.5) is 0 Å². The maximum Gasteiger partial charge on any atom is 0.240 e. The Morgan fingerprint density at radius 1 is 1.30 bits per heavy atom. The summed E-state index contributed by atoms with van der Waals surface area (Å²) in [6.07, 6.45) is 0. The van der Waals surface area contributed by atoms with Gasteiger partial charge in [-0.2, -0.15) is 0 Å². The van der Waals surface area contributed by atoms with E-state index in [2.05, 4.69) is 9.71 Å². The summed E-state index contributed by atoms with van der Waals surface area (Å²) in [7, 11) is -3.48. The number of nitrogens with zero attached hydrogens (tertiary/aromatic N) is 1. The zero-order chi connectivity index (χ0) is 14.9. The van der Waals surface area contributed by atoms with Crippen LogP contribution in [-0.4, -0.2) is 19.9 Å². The summed E-state index contributed by atoms with van der Waals surface area (Å²) >= 11 is 5.96. The Morgan fingerprint density at radius 2 is 2.00 bits per heavy atom. The molecule has 0 saturated heterocycles. The quantitative estimate of drug-likeness (QED) is 0.882. The molecule has 0 spiro atoms. The van der Waals surface area contributed by atoms with Gasteiger partial charge in [-0.25, -0.2) is 18.1 Å². The van der Waals surface area contributed by atoms with Gasteiger partial charge in [0.15, 0.2) is 0 Å². The van der Waals surface area contributed by atoms with E-state index in [4.69, 9.17) is 11.6 Å². The lowest BCUT2D eigenvalue weighted by atomic mass is 10.2. The van der Waals surface area contributed by atoms with Crippen LogP contribution in [0.25, 0.3) is 10.9 Å². The molecule has 1 aromatic carbocycles. The lowest BCUT2D eigenvalue weighted by Crippen LogP contribution is -2.27. The normalized spacial score (nSPS) is 12.2. The van der Waals surface area contributed by atoms with Gasteiger partial charge in [0.25, 0.3) is 0 Å². The average Bonchev–Trinajstić information content (AvgIpc) is 2.37. The average molecular weight is 313 g/mol. The number of aryl methyl sites for hydroxylation is 1. The molecule has 6 heteroatoms. The first kappa shape index (κ1) is 15.2. The molecule has 0 amide bonds. The molecule has 0 atom stereocenters. The fraction of sp³-hybridized carbons (Fsp3) is 0.357. The molecule has 108 valence electrons. The summed E-state index contributed by atoms with van der Waals surface area (Å²) in [4.78, 5) is 4.47. The fourth-order valence-corrected chi connectivity index (χ4v) is 3.16. The molecule has 0 aliphatic rings. The SMILES string of the molecule is Cc1cc2cc(S(=O)(=O)NCC(C)C)ccc2nc1Cl. The molecule has 20 heavy (non-hydrogen) atoms. The fourth-order valence-electron chi connectivity index (χ4n) is 1.76. The van der Waals surface area contributed by atoms with Crippen molar-refractivity contribution >= 4 is 32.5 Å². The Hall–Kier alpha value is -1.17. The maximum atomic E-state index is 12.2. The van der Waals surface area contributed by atoms with Crippen molar-refractivity contribution in [1.29, 1.82) is 0 Å². The highest BCUT2D eigenvalue weighted by Gasteiger charge is 2.15. The van der Waals surface area contributed by atoms with Crippen LogP contribution >= 0.6 is 11.6 Å². The summed E-state index contributed by atoms with van der Waals surface area (Å²) in [5.41, 5.74) is 1.51. The van der Waals surface area contributed by atoms with Crippen LogP contribution in [0.15, 0.2) is 29.2 Å². The topological polar surface area (TPSA) is 59.1 Å². The van der Waals surface area contributed by atoms with Crippen molar-refractivity contribution in [2.45, 2.75) is 25.7 Å². The van der Waals surface area contributed by atoms with Gasteiger partial charge in [0, 0.05) is 11.9 Å². The lowest BCUT2D eigenvalue weighted by Gasteiger charge is -2.10. The number of benzene rings is 1. The predicted octanol–water partition coefficient (Wildman–Crippen LogP) is 3.13. The van der Waals surface area contributed by atoms with Crippen LogP contribution in [0.1, 0.15) is 19.4 Å². The van der Waals surface area contributed by atoms with E-state index in [9.17, 15) is 8.42 Å². The smallest absolute Gasteiger partial charge is 0.236 e. The third-order valence-electron chi connectivity index (χ3n) is 2.91. The van der Waals surface area contributed by atoms with Crippen molar-refractivity contribution in [3.63, 3.8) is 0 Å². The van der Waals surface area contributed by atoms with Gasteiger partial charge in [0.1, 0.15) is 5.15 Å². The number of halogens is 1. The van der Waals surface area contributed by atoms with Crippen LogP contribution in [0.5, 0.6) is 0 Å². The predicted molar refractivity (Wildman–Crippen MR) is 81.5 cm³/mol. The van der Waals surface area contributed by atoms with Gasteiger partial charge in [-0.05, 0) is 42.7 Å². The van der Waals surface area contributed by atoms with Crippen molar-refractivity contribution in [3.8, 4) is 0 Å². The second-order valence-corrected chi connectivity index (χ2v) is 7.32. The summed E-state index contributed by atoms with van der Waals surface area (Å²) in [6.45, 7) is 6.17. The minimum absolute atomic E-state index is 0.245. The first-order chi connectivity index (χ1) is 9.29. The van der Waals surface area contributed by atoms with Crippen LogP contribution in [0, 0.1) is 12.8 Å².